The first kappa shape index (κ1) is 30.5. The summed E-state index contributed by atoms with van der Waals surface area (Å²) in [4.78, 5) is 40.7. The number of nitrogens with one attached hydrogen (secondary N) is 3. The molecule has 0 radical (unpaired) electrons. The number of anilines is 1. The van der Waals surface area contributed by atoms with Crippen LogP contribution in [0, 0.1) is 0 Å². The lowest BCUT2D eigenvalue weighted by Gasteiger charge is -2.38. The van der Waals surface area contributed by atoms with E-state index in [1.54, 1.807) is 26.8 Å². The Morgan fingerprint density at radius 1 is 1.11 bits per heavy atom. The number of ether oxygens (including phenoxy) is 1. The van der Waals surface area contributed by atoms with Crippen molar-refractivity contribution in [3.05, 3.63) is 65.2 Å². The van der Waals surface area contributed by atoms with Gasteiger partial charge in [0, 0.05) is 26.4 Å². The van der Waals surface area contributed by atoms with E-state index in [0.717, 1.165) is 11.1 Å². The lowest BCUT2D eigenvalue weighted by atomic mass is 9.91. The van der Waals surface area contributed by atoms with Gasteiger partial charge >= 0.3 is 16.4 Å². The molecule has 0 saturated carbocycles. The summed E-state index contributed by atoms with van der Waals surface area (Å²) >= 11 is 0. The third-order valence-electron chi connectivity index (χ3n) is 5.69. The predicted molar refractivity (Wildman–Crippen MR) is 142 cm³/mol. The van der Waals surface area contributed by atoms with E-state index in [9.17, 15) is 22.8 Å². The van der Waals surface area contributed by atoms with Crippen LogP contribution in [0.5, 0.6) is 0 Å². The summed E-state index contributed by atoms with van der Waals surface area (Å²) in [5.41, 5.74) is 1.47. The number of carbonyl (C=O) groups excluding carboxylic acids is 3. The zero-order valence-corrected chi connectivity index (χ0v) is 22.7. The maximum atomic E-state index is 13.9. The van der Waals surface area contributed by atoms with Crippen LogP contribution in [-0.2, 0) is 44.0 Å². The van der Waals surface area contributed by atoms with Gasteiger partial charge in [-0.25, -0.2) is 4.79 Å². The number of hydrogen-bond donors (Lipinski definition) is 5. The number of nitrogens with zero attached hydrogens (tertiary/aromatic N) is 1. The Morgan fingerprint density at radius 3 is 2.34 bits per heavy atom. The molecule has 0 unspecified atom stereocenters. The minimum absolute atomic E-state index is 0. The standard InChI is InChI=1S/C25H32N4O7S.H3N/c1-25(2,3)36-24(32)27-20(12-16-8-6-5-7-9-16)23(31)29-15-18-13-19(28-37(33,34)35)11-10-17(18)14-21(29)22(30)26-4;/h5-11,13,20-21,28H,12,14-15H2,1-4H3,(H,26,30)(H,27,32)(H,33,34,35);1H3/t20-,21-;/m0./s1. The minimum atomic E-state index is -4.49. The molecule has 0 fully saturated rings. The van der Waals surface area contributed by atoms with Crippen LogP contribution in [0.15, 0.2) is 48.5 Å². The number of fused-ring (bicyclic) bond motifs is 1. The molecule has 3 rings (SSSR count). The largest absolute Gasteiger partial charge is 0.444 e. The third kappa shape index (κ3) is 8.43. The van der Waals surface area contributed by atoms with Gasteiger partial charge in [-0.2, -0.15) is 8.42 Å². The molecule has 12 nitrogen and oxygen atoms in total. The van der Waals surface area contributed by atoms with Gasteiger partial charge in [-0.15, -0.1) is 0 Å². The zero-order valence-electron chi connectivity index (χ0n) is 21.9. The number of carbonyl (C=O) groups is 3. The molecule has 0 aliphatic carbocycles. The van der Waals surface area contributed by atoms with Crippen LogP contribution in [0.2, 0.25) is 0 Å². The fraction of sp³-hybridized carbons (Fsp3) is 0.400. The van der Waals surface area contributed by atoms with Gasteiger partial charge in [0.05, 0.1) is 5.69 Å². The summed E-state index contributed by atoms with van der Waals surface area (Å²) in [6.45, 7) is 5.11. The minimum Gasteiger partial charge on any atom is -0.444 e. The highest BCUT2D eigenvalue weighted by atomic mass is 32.2. The fourth-order valence-corrected chi connectivity index (χ4v) is 4.55. The Balaban J connectivity index is 0.00000507. The molecule has 2 atom stereocenters. The molecule has 3 amide bonds. The van der Waals surface area contributed by atoms with Crippen molar-refractivity contribution in [3.63, 3.8) is 0 Å². The van der Waals surface area contributed by atoms with E-state index < -0.39 is 40.0 Å². The van der Waals surface area contributed by atoms with E-state index in [1.165, 1.54) is 24.1 Å². The van der Waals surface area contributed by atoms with Gasteiger partial charge in [0.1, 0.15) is 17.7 Å². The summed E-state index contributed by atoms with van der Waals surface area (Å²) in [7, 11) is -3.02. The van der Waals surface area contributed by atoms with Gasteiger partial charge in [-0.3, -0.25) is 18.9 Å². The maximum absolute atomic E-state index is 13.9. The van der Waals surface area contributed by atoms with Crippen LogP contribution >= 0.6 is 0 Å². The Labute approximate surface area is 222 Å². The molecule has 0 saturated heterocycles. The quantitative estimate of drug-likeness (QED) is 0.325. The first-order valence-electron chi connectivity index (χ1n) is 11.7. The molecule has 1 aliphatic rings. The van der Waals surface area contributed by atoms with Crippen LogP contribution in [0.4, 0.5) is 10.5 Å². The Morgan fingerprint density at radius 2 is 1.76 bits per heavy atom. The summed E-state index contributed by atoms with van der Waals surface area (Å²) in [5, 5.41) is 5.24. The van der Waals surface area contributed by atoms with Crippen LogP contribution in [-0.4, -0.2) is 60.5 Å². The summed E-state index contributed by atoms with van der Waals surface area (Å²) in [6, 6.07) is 11.8. The fourth-order valence-electron chi connectivity index (χ4n) is 4.13. The molecular weight excluding hydrogens is 514 g/mol. The number of likely N-dealkylation sites (N-methyl/N-ethyl adjacent to an activating group) is 1. The second-order valence-corrected chi connectivity index (χ2v) is 10.9. The molecular formula is C25H35N5O7S. The van der Waals surface area contributed by atoms with Crippen molar-refractivity contribution >= 4 is 33.9 Å². The normalized spacial score (nSPS) is 15.8. The molecule has 0 spiro atoms. The van der Waals surface area contributed by atoms with Crippen molar-refractivity contribution in [2.45, 2.75) is 57.8 Å². The van der Waals surface area contributed by atoms with Crippen LogP contribution in [0.3, 0.4) is 0 Å². The third-order valence-corrected chi connectivity index (χ3v) is 6.18. The molecule has 1 aliphatic heterocycles. The number of benzene rings is 2. The van der Waals surface area contributed by atoms with E-state index in [-0.39, 0.29) is 37.1 Å². The highest BCUT2D eigenvalue weighted by Crippen LogP contribution is 2.28. The highest BCUT2D eigenvalue weighted by Gasteiger charge is 2.38. The van der Waals surface area contributed by atoms with Crippen molar-refractivity contribution in [2.75, 3.05) is 11.8 Å². The van der Waals surface area contributed by atoms with Crippen molar-refractivity contribution < 1.29 is 32.1 Å². The number of hydrogen-bond acceptors (Lipinski definition) is 7. The second kappa shape index (κ2) is 12.2. The van der Waals surface area contributed by atoms with Crippen LogP contribution < -0.4 is 21.5 Å². The lowest BCUT2D eigenvalue weighted by Crippen LogP contribution is -2.58. The van der Waals surface area contributed by atoms with Gasteiger partial charge < -0.3 is 26.4 Å². The van der Waals surface area contributed by atoms with Gasteiger partial charge in [-0.1, -0.05) is 36.4 Å². The first-order chi connectivity index (χ1) is 17.3. The molecule has 0 aromatic heterocycles. The predicted octanol–water partition coefficient (Wildman–Crippen LogP) is 2.20. The second-order valence-electron chi connectivity index (χ2n) is 9.75. The van der Waals surface area contributed by atoms with E-state index in [0.29, 0.717) is 5.56 Å². The molecule has 2 aromatic rings. The van der Waals surface area contributed by atoms with Crippen molar-refractivity contribution in [1.82, 2.24) is 21.7 Å². The van der Waals surface area contributed by atoms with E-state index >= 15 is 0 Å². The molecule has 0 bridgehead atoms. The number of amides is 3. The summed E-state index contributed by atoms with van der Waals surface area (Å²) in [6.07, 6.45) is -0.430. The van der Waals surface area contributed by atoms with E-state index in [1.807, 2.05) is 35.1 Å². The van der Waals surface area contributed by atoms with Crippen molar-refractivity contribution in [2.24, 2.45) is 0 Å². The van der Waals surface area contributed by atoms with Crippen molar-refractivity contribution in [1.29, 1.82) is 0 Å². The first-order valence-corrected chi connectivity index (χ1v) is 13.1. The molecule has 1 heterocycles. The smallest absolute Gasteiger partial charge is 0.408 e. The Bertz CT molecular complexity index is 1260. The number of rotatable bonds is 7. The van der Waals surface area contributed by atoms with Crippen LogP contribution in [0.1, 0.15) is 37.5 Å². The molecule has 208 valence electrons. The Hall–Kier alpha value is -3.68. The average Bonchev–Trinajstić information content (AvgIpc) is 2.80. The molecule has 7 N–H and O–H groups in total. The molecule has 38 heavy (non-hydrogen) atoms. The topological polar surface area (TPSA) is 189 Å². The van der Waals surface area contributed by atoms with Crippen molar-refractivity contribution in [3.8, 4) is 0 Å². The molecule has 2 aromatic carbocycles. The summed E-state index contributed by atoms with van der Waals surface area (Å²) in [5.74, 6) is -0.878. The number of alkyl carbamates (subject to hydrolysis) is 1. The maximum Gasteiger partial charge on any atom is 0.408 e. The SMILES string of the molecule is CNC(=O)[C@@H]1Cc2ccc(NS(=O)(=O)O)cc2CN1C(=O)[C@H](Cc1ccccc1)NC(=O)OC(C)(C)C.N. The molecule has 13 heteroatoms. The lowest BCUT2D eigenvalue weighted by molar-refractivity contribution is -0.143. The van der Waals surface area contributed by atoms with Gasteiger partial charge in [0.15, 0.2) is 0 Å². The van der Waals surface area contributed by atoms with E-state index in [2.05, 4.69) is 10.6 Å². The zero-order chi connectivity index (χ0) is 27.4. The summed E-state index contributed by atoms with van der Waals surface area (Å²) < 4.78 is 39.0. The van der Waals surface area contributed by atoms with Gasteiger partial charge in [-0.05, 0) is 49.6 Å². The average molecular weight is 550 g/mol. The Kier molecular flexibility index (Phi) is 9.84. The van der Waals surface area contributed by atoms with Gasteiger partial charge in [0.2, 0.25) is 11.8 Å². The van der Waals surface area contributed by atoms with Gasteiger partial charge in [0.25, 0.3) is 0 Å². The highest BCUT2D eigenvalue weighted by molar-refractivity contribution is 7.87. The van der Waals surface area contributed by atoms with Crippen LogP contribution in [0.25, 0.3) is 0 Å². The van der Waals surface area contributed by atoms with E-state index in [4.69, 9.17) is 9.29 Å². The monoisotopic (exact) mass is 549 g/mol.